The fraction of sp³-hybridized carbons (Fsp3) is 0.0315. The number of hydrogen-bond donors (Lipinski definition) is 4. The lowest BCUT2D eigenvalue weighted by molar-refractivity contribution is 0.302. The highest BCUT2D eigenvalue weighted by Crippen LogP contribution is 2.42. The maximum absolute atomic E-state index is 11.8. The average Bonchev–Trinajstić information content (AvgIpc) is 1.78. The number of rotatable bonds is 0. The van der Waals surface area contributed by atoms with Gasteiger partial charge < -0.3 is 29.8 Å². The molecular formula is C127H100N8O5S3. The quantitative estimate of drug-likeness (QED) is 0.0835. The van der Waals surface area contributed by atoms with Crippen LogP contribution in [0.5, 0.6) is 5.75 Å². The minimum atomic E-state index is -0.274. The summed E-state index contributed by atoms with van der Waals surface area (Å²) < 4.78 is 13.4. The van der Waals surface area contributed by atoms with E-state index in [9.17, 15) is 14.4 Å². The molecule has 9 aromatic heterocycles. The summed E-state index contributed by atoms with van der Waals surface area (Å²) >= 11 is 5.03. The molecule has 4 aliphatic rings. The topological polar surface area (TPSA) is 181 Å². The molecule has 4 aliphatic heterocycles. The Morgan fingerprint density at radius 3 is 1.22 bits per heavy atom. The van der Waals surface area contributed by atoms with Crippen LogP contribution in [0.2, 0.25) is 0 Å². The van der Waals surface area contributed by atoms with Crippen LogP contribution in [0.1, 0.15) is 22.3 Å². The Kier molecular flexibility index (Phi) is 34.6. The Morgan fingerprint density at radius 1 is 0.273 bits per heavy atom. The van der Waals surface area contributed by atoms with Crippen LogP contribution in [0.15, 0.2) is 558 Å². The third-order valence-electron chi connectivity index (χ3n) is 23.3. The lowest BCUT2D eigenvalue weighted by atomic mass is 9.95. The molecule has 0 atom stereocenters. The number of anilines is 2. The normalized spacial score (nSPS) is 11.0. The average molecular weight is 1910 g/mol. The van der Waals surface area contributed by atoms with E-state index in [2.05, 4.69) is 276 Å². The van der Waals surface area contributed by atoms with Gasteiger partial charge in [0.05, 0.1) is 5.39 Å². The SMILES string of the molecule is O=c1[nH]c2ccccc2c2ccccc12.O=c1oc2ccccc2c2ccccc12.O=c1sc2ccccc2c2ccccc12.c1ccc2[nH]ccc2c1.c1ccc2c(c1)CNc1ccccc1-2.c1ccc2c(c1)CNc1ccccc1-2.c1ccc2c(c1)COc1ccccc1-2.c1ccc2c(c1)CSc1ccccc1-2.c1ccc2sccc2c1.c1ccncc1.c1ccncc1.c1ccncc1.c1ccncc1. The number of para-hydroxylation sites is 6. The summed E-state index contributed by atoms with van der Waals surface area (Å²) in [7, 11) is 0. The highest BCUT2D eigenvalue weighted by atomic mass is 32.2. The number of nitrogens with zero attached hydrogens (tertiary/aromatic N) is 4. The van der Waals surface area contributed by atoms with Gasteiger partial charge in [0.1, 0.15) is 17.9 Å². The van der Waals surface area contributed by atoms with Crippen LogP contribution >= 0.6 is 34.4 Å². The van der Waals surface area contributed by atoms with E-state index in [0.717, 1.165) is 77.9 Å². The maximum atomic E-state index is 11.8. The van der Waals surface area contributed by atoms with Gasteiger partial charge in [-0.1, -0.05) is 351 Å². The molecule has 0 spiro atoms. The van der Waals surface area contributed by atoms with Crippen molar-refractivity contribution in [1.82, 2.24) is 29.9 Å². The zero-order chi connectivity index (χ0) is 97.5. The molecule has 16 aromatic carbocycles. The van der Waals surface area contributed by atoms with Crippen LogP contribution in [-0.2, 0) is 25.4 Å². The van der Waals surface area contributed by atoms with Crippen LogP contribution < -0.4 is 31.3 Å². The van der Waals surface area contributed by atoms with E-state index >= 15 is 0 Å². The lowest BCUT2D eigenvalue weighted by Gasteiger charge is -2.20. The molecule has 696 valence electrons. The third kappa shape index (κ3) is 26.2. The van der Waals surface area contributed by atoms with E-state index in [1.54, 1.807) is 67.0 Å². The zero-order valence-electron chi connectivity index (χ0n) is 78.2. The first kappa shape index (κ1) is 96.9. The number of aromatic nitrogens is 6. The molecule has 16 heteroatoms. The van der Waals surface area contributed by atoms with Gasteiger partial charge in [-0.3, -0.25) is 29.5 Å². The summed E-state index contributed by atoms with van der Waals surface area (Å²) in [6.45, 7) is 2.56. The van der Waals surface area contributed by atoms with Crippen LogP contribution in [0, 0.1) is 0 Å². The Labute approximate surface area is 842 Å². The van der Waals surface area contributed by atoms with Gasteiger partial charge in [0.25, 0.3) is 5.56 Å². The lowest BCUT2D eigenvalue weighted by Crippen LogP contribution is -2.07. The summed E-state index contributed by atoms with van der Waals surface area (Å²) in [6, 6.07) is 158. The predicted molar refractivity (Wildman–Crippen MR) is 601 cm³/mol. The van der Waals surface area contributed by atoms with Gasteiger partial charge in [-0.25, -0.2) is 4.79 Å². The summed E-state index contributed by atoms with van der Waals surface area (Å²) in [5.74, 6) is 2.10. The van der Waals surface area contributed by atoms with Crippen LogP contribution in [0.4, 0.5) is 11.4 Å². The summed E-state index contributed by atoms with van der Waals surface area (Å²) in [6.07, 6.45) is 15.9. The number of aromatic amines is 2. The number of benzene rings is 16. The van der Waals surface area contributed by atoms with Gasteiger partial charge in [0.2, 0.25) is 4.74 Å². The predicted octanol–water partition coefficient (Wildman–Crippen LogP) is 32.2. The van der Waals surface area contributed by atoms with Crippen molar-refractivity contribution in [1.29, 1.82) is 0 Å². The molecule has 143 heavy (non-hydrogen) atoms. The smallest absolute Gasteiger partial charge is 0.344 e. The molecule has 0 saturated heterocycles. The second kappa shape index (κ2) is 51.0. The number of thiophene rings is 1. The molecule has 25 aromatic rings. The zero-order valence-corrected chi connectivity index (χ0v) is 80.6. The molecule has 29 rings (SSSR count). The number of fused-ring (bicyclic) bond motifs is 23. The number of H-pyrrole nitrogens is 2. The van der Waals surface area contributed by atoms with Crippen molar-refractivity contribution in [2.75, 3.05) is 10.6 Å². The van der Waals surface area contributed by atoms with Crippen LogP contribution in [0.25, 0.3) is 130 Å². The Hall–Kier alpha value is -17.8. The number of hydrogen-bond acceptors (Lipinski definition) is 14. The summed E-state index contributed by atoms with van der Waals surface area (Å²) in [4.78, 5) is 57.7. The number of pyridine rings is 5. The van der Waals surface area contributed by atoms with E-state index in [1.807, 2.05) is 255 Å². The van der Waals surface area contributed by atoms with Crippen LogP contribution in [-0.4, -0.2) is 29.9 Å². The molecular weight excluding hydrogens is 1810 g/mol. The van der Waals surface area contributed by atoms with E-state index < -0.39 is 0 Å². The van der Waals surface area contributed by atoms with Crippen molar-refractivity contribution >= 4 is 131 Å². The molecule has 0 saturated carbocycles. The Balaban J connectivity index is 0.000000108. The third-order valence-corrected chi connectivity index (χ3v) is 26.3. The largest absolute Gasteiger partial charge is 0.488 e. The highest BCUT2D eigenvalue weighted by Gasteiger charge is 2.19. The molecule has 0 radical (unpaired) electrons. The maximum Gasteiger partial charge on any atom is 0.344 e. The summed E-state index contributed by atoms with van der Waals surface area (Å²) in [5, 5.41) is 20.0. The van der Waals surface area contributed by atoms with Gasteiger partial charge in [-0.15, -0.1) is 23.1 Å². The molecule has 0 bridgehead atoms. The molecule has 4 N–H and O–H groups in total. The first-order valence-corrected chi connectivity index (χ1v) is 49.6. The number of ether oxygens (including phenoxy) is 1. The highest BCUT2D eigenvalue weighted by molar-refractivity contribution is 7.98. The van der Waals surface area contributed by atoms with Crippen molar-refractivity contribution in [3.05, 3.63) is 587 Å². The molecule has 0 aliphatic carbocycles. The first-order valence-electron chi connectivity index (χ1n) is 46.9. The minimum absolute atomic E-state index is 0.0238. The Bertz CT molecular complexity index is 7360. The van der Waals surface area contributed by atoms with Gasteiger partial charge in [-0.2, -0.15) is 0 Å². The van der Waals surface area contributed by atoms with Crippen molar-refractivity contribution in [2.24, 2.45) is 0 Å². The fourth-order valence-corrected chi connectivity index (χ4v) is 19.3. The molecule has 13 heterocycles. The summed E-state index contributed by atoms with van der Waals surface area (Å²) in [5.41, 5.74) is 21.1. The van der Waals surface area contributed by atoms with Crippen molar-refractivity contribution in [3.63, 3.8) is 0 Å². The second-order valence-corrected chi connectivity index (χ2v) is 35.5. The number of nitrogens with one attached hydrogen (secondary N) is 4. The molecule has 0 fully saturated rings. The van der Waals surface area contributed by atoms with E-state index in [4.69, 9.17) is 9.15 Å². The second-order valence-electron chi connectivity index (χ2n) is 32.5. The van der Waals surface area contributed by atoms with Gasteiger partial charge in [-0.05, 0) is 221 Å². The van der Waals surface area contributed by atoms with Crippen molar-refractivity contribution < 1.29 is 9.15 Å². The molecule has 0 amide bonds. The van der Waals surface area contributed by atoms with Gasteiger partial charge in [0.15, 0.2) is 0 Å². The van der Waals surface area contributed by atoms with E-state index in [-0.39, 0.29) is 15.9 Å². The van der Waals surface area contributed by atoms with Gasteiger partial charge >= 0.3 is 5.63 Å². The van der Waals surface area contributed by atoms with Gasteiger partial charge in [0, 0.05) is 150 Å². The monoisotopic (exact) mass is 1910 g/mol. The van der Waals surface area contributed by atoms with E-state index in [1.165, 1.54) is 115 Å². The first-order chi connectivity index (χ1) is 70.8. The minimum Gasteiger partial charge on any atom is -0.488 e. The number of thioether (sulfide) groups is 1. The van der Waals surface area contributed by atoms with Crippen molar-refractivity contribution in [2.45, 2.75) is 30.3 Å². The van der Waals surface area contributed by atoms with E-state index in [0.29, 0.717) is 17.6 Å². The standard InChI is InChI=1S/C13H9NO.2C13H11N.C13H8O2.C13H8OS.C13H10O.C13H10S.C8H7N.C8H6S.4C5H5N/c15-13-11-7-2-1-5-9(11)10-6-3-4-8-12(10)14-13;2*1-2-6-11-10(5-1)9-14-13-8-4-3-7-12(11)13;2*14-13-11-7-2-1-5-9(11)10-6-3-4-8-12(10)15-13;2*1-2-6-11-10(5-1)9-14-13-8-4-3-7-12(11)13;2*1-2-4-8-7(3-1)5-6-9-8;4*1-2-4-6-5-3-1/h1-8H,(H,14,15);2*1-8,14H,9H2;2*1-8H;2*1-8H,9H2;1-6,9H;1-6H;4*1-5H. The molecule has 0 unspecified atom stereocenters. The molecule has 13 nitrogen and oxygen atoms in total. The Morgan fingerprint density at radius 2 is 0.671 bits per heavy atom. The van der Waals surface area contributed by atoms with Crippen molar-refractivity contribution in [3.8, 4) is 50.3 Å². The fourth-order valence-electron chi connectivity index (χ4n) is 16.5. The van der Waals surface area contributed by atoms with Crippen LogP contribution in [0.3, 0.4) is 0 Å².